The number of carbonyl (C=O) groups excluding carboxylic acids is 2. The maximum atomic E-state index is 12.6. The van der Waals surface area contributed by atoms with E-state index in [1.807, 2.05) is 54.6 Å². The summed E-state index contributed by atoms with van der Waals surface area (Å²) in [6.45, 7) is 0. The van der Waals surface area contributed by atoms with Gasteiger partial charge in [-0.05, 0) is 28.8 Å². The van der Waals surface area contributed by atoms with Crippen LogP contribution >= 0.6 is 11.8 Å². The van der Waals surface area contributed by atoms with Gasteiger partial charge in [0, 0.05) is 5.75 Å². The standard InChI is InChI=1S/C29H25NO4S/c30-26(27(31)34-28(32)33-25-19-11-4-12-20-25)21-35-29(22-13-5-1-6-14-22,23-15-7-2-8-16-23)24-17-9-3-10-18-24/h1-20,26H,21,30H2/t26-/m0/s1. The smallest absolute Gasteiger partial charge is 0.395 e. The minimum absolute atomic E-state index is 0.204. The Morgan fingerprint density at radius 3 is 1.51 bits per heavy atom. The van der Waals surface area contributed by atoms with Gasteiger partial charge >= 0.3 is 12.1 Å². The first-order chi connectivity index (χ1) is 17.1. The molecule has 0 fully saturated rings. The fourth-order valence-electron chi connectivity index (χ4n) is 3.81. The van der Waals surface area contributed by atoms with E-state index in [-0.39, 0.29) is 11.5 Å². The predicted molar refractivity (Wildman–Crippen MR) is 138 cm³/mol. The first-order valence-electron chi connectivity index (χ1n) is 11.1. The van der Waals surface area contributed by atoms with E-state index in [0.29, 0.717) is 0 Å². The summed E-state index contributed by atoms with van der Waals surface area (Å²) in [5, 5.41) is 0. The van der Waals surface area contributed by atoms with Crippen LogP contribution in [0.25, 0.3) is 0 Å². The van der Waals surface area contributed by atoms with Crippen LogP contribution in [0.5, 0.6) is 5.75 Å². The zero-order chi connectivity index (χ0) is 24.5. The average molecular weight is 484 g/mol. The molecule has 4 aromatic rings. The molecule has 1 atom stereocenters. The van der Waals surface area contributed by atoms with Crippen molar-refractivity contribution in [3.8, 4) is 5.75 Å². The molecule has 0 unspecified atom stereocenters. The van der Waals surface area contributed by atoms with Crippen LogP contribution < -0.4 is 10.5 Å². The van der Waals surface area contributed by atoms with Crippen LogP contribution in [0, 0.1) is 0 Å². The number of carbonyl (C=O) groups is 2. The molecule has 0 spiro atoms. The Morgan fingerprint density at radius 1 is 0.686 bits per heavy atom. The molecule has 5 nitrogen and oxygen atoms in total. The Hall–Kier alpha value is -3.87. The lowest BCUT2D eigenvalue weighted by Gasteiger charge is -2.36. The van der Waals surface area contributed by atoms with Crippen LogP contribution in [-0.2, 0) is 14.3 Å². The SMILES string of the molecule is N[C@@H](CSC(c1ccccc1)(c1ccccc1)c1ccccc1)C(=O)OC(=O)Oc1ccccc1. The predicted octanol–water partition coefficient (Wildman–Crippen LogP) is 5.78. The van der Waals surface area contributed by atoms with Crippen molar-refractivity contribution in [2.45, 2.75) is 10.8 Å². The van der Waals surface area contributed by atoms with Gasteiger partial charge < -0.3 is 15.2 Å². The molecule has 2 N–H and O–H groups in total. The Balaban J connectivity index is 1.58. The highest BCUT2D eigenvalue weighted by molar-refractivity contribution is 8.00. The maximum absolute atomic E-state index is 12.6. The number of nitrogens with two attached hydrogens (primary N) is 1. The number of thioether (sulfide) groups is 1. The van der Waals surface area contributed by atoms with Crippen LogP contribution in [0.2, 0.25) is 0 Å². The summed E-state index contributed by atoms with van der Waals surface area (Å²) in [5.41, 5.74) is 9.34. The van der Waals surface area contributed by atoms with E-state index in [1.54, 1.807) is 30.3 Å². The average Bonchev–Trinajstić information content (AvgIpc) is 2.91. The molecular formula is C29H25NO4S. The topological polar surface area (TPSA) is 78.6 Å². The number of esters is 1. The summed E-state index contributed by atoms with van der Waals surface area (Å²) in [6.07, 6.45) is -1.11. The molecule has 4 rings (SSSR count). The van der Waals surface area contributed by atoms with Crippen LogP contribution in [0.15, 0.2) is 121 Å². The van der Waals surface area contributed by atoms with Crippen molar-refractivity contribution in [3.63, 3.8) is 0 Å². The van der Waals surface area contributed by atoms with Crippen LogP contribution in [0.4, 0.5) is 4.79 Å². The lowest BCUT2D eigenvalue weighted by molar-refractivity contribution is -0.139. The van der Waals surface area contributed by atoms with Crippen molar-refractivity contribution < 1.29 is 19.1 Å². The summed E-state index contributed by atoms with van der Waals surface area (Å²) in [4.78, 5) is 24.7. The quantitative estimate of drug-likeness (QED) is 0.148. The first-order valence-corrected chi connectivity index (χ1v) is 12.1. The highest BCUT2D eigenvalue weighted by Crippen LogP contribution is 2.48. The van der Waals surface area contributed by atoms with E-state index in [2.05, 4.69) is 36.4 Å². The summed E-state index contributed by atoms with van der Waals surface area (Å²) in [5.74, 6) is -0.359. The Labute approximate surface area is 208 Å². The zero-order valence-corrected chi connectivity index (χ0v) is 19.8. The molecule has 0 aliphatic carbocycles. The van der Waals surface area contributed by atoms with Crippen molar-refractivity contribution in [2.75, 3.05) is 5.75 Å². The summed E-state index contributed by atoms with van der Waals surface area (Å²) in [7, 11) is 0. The Bertz CT molecular complexity index is 1140. The number of rotatable bonds is 8. The lowest BCUT2D eigenvalue weighted by atomic mass is 9.84. The zero-order valence-electron chi connectivity index (χ0n) is 19.0. The van der Waals surface area contributed by atoms with Gasteiger partial charge in [-0.1, -0.05) is 109 Å². The van der Waals surface area contributed by atoms with Gasteiger partial charge in [0.2, 0.25) is 0 Å². The van der Waals surface area contributed by atoms with Crippen LogP contribution in [0.3, 0.4) is 0 Å². The molecule has 35 heavy (non-hydrogen) atoms. The van der Waals surface area contributed by atoms with Crippen molar-refractivity contribution in [1.82, 2.24) is 0 Å². The third-order valence-electron chi connectivity index (χ3n) is 5.45. The highest BCUT2D eigenvalue weighted by Gasteiger charge is 2.38. The van der Waals surface area contributed by atoms with Gasteiger partial charge in [0.25, 0.3) is 0 Å². The molecule has 0 saturated heterocycles. The van der Waals surface area contributed by atoms with Crippen molar-refractivity contribution in [1.29, 1.82) is 0 Å². The summed E-state index contributed by atoms with van der Waals surface area (Å²) >= 11 is 1.52. The molecule has 0 aromatic heterocycles. The van der Waals surface area contributed by atoms with Gasteiger partial charge in [0.15, 0.2) is 0 Å². The van der Waals surface area contributed by atoms with E-state index in [4.69, 9.17) is 15.2 Å². The van der Waals surface area contributed by atoms with E-state index in [1.165, 1.54) is 11.8 Å². The third-order valence-corrected chi connectivity index (χ3v) is 7.12. The molecule has 4 aromatic carbocycles. The van der Waals surface area contributed by atoms with Gasteiger partial charge in [0.1, 0.15) is 11.8 Å². The number of para-hydroxylation sites is 1. The van der Waals surface area contributed by atoms with Crippen molar-refractivity contribution in [3.05, 3.63) is 138 Å². The minimum Gasteiger partial charge on any atom is -0.395 e. The normalized spacial score (nSPS) is 11.9. The highest BCUT2D eigenvalue weighted by atomic mass is 32.2. The fourth-order valence-corrected chi connectivity index (χ4v) is 5.29. The van der Waals surface area contributed by atoms with Crippen LogP contribution in [0.1, 0.15) is 16.7 Å². The monoisotopic (exact) mass is 483 g/mol. The Kier molecular flexibility index (Phi) is 7.98. The van der Waals surface area contributed by atoms with Crippen LogP contribution in [-0.4, -0.2) is 23.9 Å². The van der Waals surface area contributed by atoms with Gasteiger partial charge in [-0.2, -0.15) is 0 Å². The molecule has 176 valence electrons. The molecule has 6 heteroatoms. The number of benzene rings is 4. The Morgan fingerprint density at radius 2 is 1.09 bits per heavy atom. The van der Waals surface area contributed by atoms with Gasteiger partial charge in [-0.15, -0.1) is 11.8 Å². The maximum Gasteiger partial charge on any atom is 0.521 e. The van der Waals surface area contributed by atoms with E-state index < -0.39 is 22.9 Å². The molecule has 0 radical (unpaired) electrons. The fraction of sp³-hybridized carbons (Fsp3) is 0.103. The van der Waals surface area contributed by atoms with Gasteiger partial charge in [-0.3, -0.25) is 0 Å². The number of hydrogen-bond acceptors (Lipinski definition) is 6. The van der Waals surface area contributed by atoms with Crippen molar-refractivity contribution >= 4 is 23.9 Å². The lowest BCUT2D eigenvalue weighted by Crippen LogP contribution is -2.38. The molecule has 0 saturated carbocycles. The largest absolute Gasteiger partial charge is 0.521 e. The summed E-state index contributed by atoms with van der Waals surface area (Å²) < 4.78 is 9.27. The third kappa shape index (κ3) is 5.80. The minimum atomic E-state index is -1.11. The molecule has 0 aliphatic rings. The molecule has 0 bridgehead atoms. The second kappa shape index (κ2) is 11.5. The van der Waals surface area contributed by atoms with Gasteiger partial charge in [-0.25, -0.2) is 9.59 Å². The summed E-state index contributed by atoms with van der Waals surface area (Å²) in [6, 6.07) is 37.6. The molecule has 0 amide bonds. The molecule has 0 heterocycles. The molecular weight excluding hydrogens is 458 g/mol. The second-order valence-electron chi connectivity index (χ2n) is 7.78. The number of ether oxygens (including phenoxy) is 2. The van der Waals surface area contributed by atoms with E-state index >= 15 is 0 Å². The molecule has 0 aliphatic heterocycles. The van der Waals surface area contributed by atoms with Crippen molar-refractivity contribution in [2.24, 2.45) is 5.73 Å². The number of hydrogen-bond donors (Lipinski definition) is 1. The van der Waals surface area contributed by atoms with Gasteiger partial charge in [0.05, 0.1) is 4.75 Å². The first kappa shape index (κ1) is 24.3. The van der Waals surface area contributed by atoms with E-state index in [0.717, 1.165) is 16.7 Å². The second-order valence-corrected chi connectivity index (χ2v) is 9.02. The van der Waals surface area contributed by atoms with E-state index in [9.17, 15) is 9.59 Å².